The van der Waals surface area contributed by atoms with Crippen LogP contribution in [0.1, 0.15) is 10.5 Å². The highest BCUT2D eigenvalue weighted by atomic mass is 79.9. The summed E-state index contributed by atoms with van der Waals surface area (Å²) in [6.07, 6.45) is 1.52. The predicted octanol–water partition coefficient (Wildman–Crippen LogP) is 3.19. The van der Waals surface area contributed by atoms with Gasteiger partial charge in [0.05, 0.1) is 11.6 Å². The zero-order valence-corrected chi connectivity index (χ0v) is 16.0. The van der Waals surface area contributed by atoms with Crippen LogP contribution in [0.3, 0.4) is 0 Å². The van der Waals surface area contributed by atoms with Gasteiger partial charge < -0.3 is 10.6 Å². The fourth-order valence-electron chi connectivity index (χ4n) is 2.23. The highest BCUT2D eigenvalue weighted by Gasteiger charge is 2.19. The summed E-state index contributed by atoms with van der Waals surface area (Å²) in [5, 5.41) is 9.43. The van der Waals surface area contributed by atoms with Crippen LogP contribution in [0, 0.1) is 5.82 Å². The lowest BCUT2D eigenvalue weighted by Crippen LogP contribution is -2.34. The molecule has 2 heterocycles. The number of halogens is 3. The van der Waals surface area contributed by atoms with E-state index in [4.69, 9.17) is 11.6 Å². The molecular formula is C17H12BrClFN5O2. The van der Waals surface area contributed by atoms with E-state index in [1.54, 1.807) is 12.1 Å². The normalized spacial score (nSPS) is 10.5. The molecule has 0 fully saturated rings. The SMILES string of the molecule is O=C(CNC(=O)c1cc(Br)nn1-c1ncccc1Cl)Nc1cccc(F)c1. The lowest BCUT2D eigenvalue weighted by molar-refractivity contribution is -0.115. The van der Waals surface area contributed by atoms with Crippen molar-refractivity contribution in [2.45, 2.75) is 0 Å². The molecule has 2 N–H and O–H groups in total. The number of amides is 2. The maximum absolute atomic E-state index is 13.1. The summed E-state index contributed by atoms with van der Waals surface area (Å²) in [6, 6.07) is 10.2. The Bertz CT molecular complexity index is 1010. The predicted molar refractivity (Wildman–Crippen MR) is 101 cm³/mol. The zero-order chi connectivity index (χ0) is 19.4. The fourth-order valence-corrected chi connectivity index (χ4v) is 2.81. The van der Waals surface area contributed by atoms with Crippen molar-refractivity contribution in [2.24, 2.45) is 0 Å². The Labute approximate surface area is 166 Å². The molecule has 0 radical (unpaired) electrons. The van der Waals surface area contributed by atoms with Crippen LogP contribution in [-0.4, -0.2) is 33.1 Å². The average molecular weight is 453 g/mol. The Hall–Kier alpha value is -2.78. The molecule has 0 aliphatic carbocycles. The molecule has 0 saturated carbocycles. The third-order valence-electron chi connectivity index (χ3n) is 3.37. The van der Waals surface area contributed by atoms with Gasteiger partial charge in [-0.3, -0.25) is 9.59 Å². The van der Waals surface area contributed by atoms with Gasteiger partial charge in [0.2, 0.25) is 5.91 Å². The van der Waals surface area contributed by atoms with Crippen LogP contribution in [0.15, 0.2) is 53.3 Å². The van der Waals surface area contributed by atoms with Crippen molar-refractivity contribution in [1.29, 1.82) is 0 Å². The summed E-state index contributed by atoms with van der Waals surface area (Å²) in [4.78, 5) is 28.5. The number of carbonyl (C=O) groups is 2. The van der Waals surface area contributed by atoms with Gasteiger partial charge in [-0.1, -0.05) is 17.7 Å². The van der Waals surface area contributed by atoms with E-state index < -0.39 is 17.6 Å². The maximum Gasteiger partial charge on any atom is 0.270 e. The molecule has 0 spiro atoms. The van der Waals surface area contributed by atoms with E-state index in [2.05, 4.69) is 36.6 Å². The van der Waals surface area contributed by atoms with Gasteiger partial charge >= 0.3 is 0 Å². The van der Waals surface area contributed by atoms with Crippen LogP contribution < -0.4 is 10.6 Å². The number of rotatable bonds is 5. The third-order valence-corrected chi connectivity index (χ3v) is 4.05. The first-order valence-electron chi connectivity index (χ1n) is 7.64. The van der Waals surface area contributed by atoms with Gasteiger partial charge in [0.1, 0.15) is 16.1 Å². The molecule has 0 bridgehead atoms. The van der Waals surface area contributed by atoms with Gasteiger partial charge in [0.25, 0.3) is 5.91 Å². The van der Waals surface area contributed by atoms with E-state index in [0.29, 0.717) is 15.3 Å². The second kappa shape index (κ2) is 8.28. The van der Waals surface area contributed by atoms with Crippen LogP contribution in [0.2, 0.25) is 5.02 Å². The Kier molecular flexibility index (Phi) is 5.82. The number of nitrogens with zero attached hydrogens (tertiary/aromatic N) is 3. The van der Waals surface area contributed by atoms with Gasteiger partial charge in [-0.15, -0.1) is 0 Å². The smallest absolute Gasteiger partial charge is 0.270 e. The molecule has 3 aromatic rings. The fraction of sp³-hybridized carbons (Fsp3) is 0.0588. The van der Waals surface area contributed by atoms with Crippen molar-refractivity contribution >= 4 is 45.0 Å². The lowest BCUT2D eigenvalue weighted by atomic mass is 10.3. The first-order chi connectivity index (χ1) is 12.9. The van der Waals surface area contributed by atoms with Crippen molar-refractivity contribution in [3.63, 3.8) is 0 Å². The minimum absolute atomic E-state index is 0.140. The standard InChI is InChI=1S/C17H12BrClFN5O2/c18-14-8-13(25(24-14)16-12(19)5-2-6-21-16)17(27)22-9-15(26)23-11-4-1-3-10(20)7-11/h1-8H,9H2,(H,22,27)(H,23,26). The van der Waals surface area contributed by atoms with Gasteiger partial charge in [-0.2, -0.15) is 5.10 Å². The van der Waals surface area contributed by atoms with E-state index in [-0.39, 0.29) is 18.1 Å². The van der Waals surface area contributed by atoms with Crippen LogP contribution in [0.4, 0.5) is 10.1 Å². The zero-order valence-electron chi connectivity index (χ0n) is 13.6. The number of aromatic nitrogens is 3. The highest BCUT2D eigenvalue weighted by molar-refractivity contribution is 9.10. The van der Waals surface area contributed by atoms with Crippen LogP contribution >= 0.6 is 27.5 Å². The molecule has 0 saturated heterocycles. The molecule has 0 unspecified atom stereocenters. The van der Waals surface area contributed by atoms with E-state index in [1.165, 1.54) is 41.2 Å². The molecule has 0 atom stereocenters. The first-order valence-corrected chi connectivity index (χ1v) is 8.81. The lowest BCUT2D eigenvalue weighted by Gasteiger charge is -2.09. The number of nitrogens with one attached hydrogen (secondary N) is 2. The summed E-state index contributed by atoms with van der Waals surface area (Å²) in [6.45, 7) is -0.311. The van der Waals surface area contributed by atoms with Gasteiger partial charge in [0.15, 0.2) is 5.82 Å². The maximum atomic E-state index is 13.1. The number of hydrogen-bond acceptors (Lipinski definition) is 4. The molecule has 0 aliphatic heterocycles. The minimum atomic E-state index is -0.552. The molecule has 2 amide bonds. The number of pyridine rings is 1. The summed E-state index contributed by atoms with van der Waals surface area (Å²) in [5.74, 6) is -1.25. The topological polar surface area (TPSA) is 88.9 Å². The molecular weight excluding hydrogens is 441 g/mol. The van der Waals surface area contributed by atoms with Crippen LogP contribution in [0.5, 0.6) is 0 Å². The Morgan fingerprint density at radius 1 is 1.22 bits per heavy atom. The molecule has 7 nitrogen and oxygen atoms in total. The number of hydrogen-bond donors (Lipinski definition) is 2. The molecule has 138 valence electrons. The van der Waals surface area contributed by atoms with Gasteiger partial charge in [-0.25, -0.2) is 14.1 Å². The number of benzene rings is 1. The molecule has 1 aromatic carbocycles. The number of anilines is 1. The monoisotopic (exact) mass is 451 g/mol. The van der Waals surface area contributed by atoms with E-state index in [9.17, 15) is 14.0 Å². The second-order valence-electron chi connectivity index (χ2n) is 5.31. The Morgan fingerprint density at radius 2 is 2.04 bits per heavy atom. The quantitative estimate of drug-likeness (QED) is 0.622. The molecule has 10 heteroatoms. The van der Waals surface area contributed by atoms with Crippen molar-refractivity contribution in [1.82, 2.24) is 20.1 Å². The molecule has 3 rings (SSSR count). The Morgan fingerprint density at radius 3 is 2.78 bits per heavy atom. The second-order valence-corrected chi connectivity index (χ2v) is 6.53. The van der Waals surface area contributed by atoms with Crippen molar-refractivity contribution in [3.05, 3.63) is 69.8 Å². The summed E-state index contributed by atoms with van der Waals surface area (Å²) in [7, 11) is 0. The van der Waals surface area contributed by atoms with Crippen molar-refractivity contribution < 1.29 is 14.0 Å². The largest absolute Gasteiger partial charge is 0.342 e. The van der Waals surface area contributed by atoms with E-state index in [1.807, 2.05) is 0 Å². The Balaban J connectivity index is 1.70. The van der Waals surface area contributed by atoms with E-state index in [0.717, 1.165) is 0 Å². The van der Waals surface area contributed by atoms with Gasteiger partial charge in [0, 0.05) is 18.0 Å². The van der Waals surface area contributed by atoms with Crippen molar-refractivity contribution in [2.75, 3.05) is 11.9 Å². The average Bonchev–Trinajstić information content (AvgIpc) is 3.02. The first kappa shape index (κ1) is 19.0. The number of carbonyl (C=O) groups excluding carboxylic acids is 2. The molecule has 0 aliphatic rings. The summed E-state index contributed by atoms with van der Waals surface area (Å²) < 4.78 is 14.8. The molecule has 2 aromatic heterocycles. The highest BCUT2D eigenvalue weighted by Crippen LogP contribution is 2.21. The van der Waals surface area contributed by atoms with Crippen LogP contribution in [-0.2, 0) is 4.79 Å². The van der Waals surface area contributed by atoms with E-state index >= 15 is 0 Å². The molecule has 27 heavy (non-hydrogen) atoms. The summed E-state index contributed by atoms with van der Waals surface area (Å²) >= 11 is 9.32. The van der Waals surface area contributed by atoms with Crippen molar-refractivity contribution in [3.8, 4) is 5.82 Å². The third kappa shape index (κ3) is 4.69. The van der Waals surface area contributed by atoms with Crippen LogP contribution in [0.25, 0.3) is 5.82 Å². The minimum Gasteiger partial charge on any atom is -0.342 e. The summed E-state index contributed by atoms with van der Waals surface area (Å²) in [5.41, 5.74) is 0.434. The van der Waals surface area contributed by atoms with Gasteiger partial charge in [-0.05, 0) is 46.3 Å².